The third-order valence-corrected chi connectivity index (χ3v) is 4.58. The van der Waals surface area contributed by atoms with Crippen molar-refractivity contribution in [2.45, 2.75) is 6.92 Å². The summed E-state index contributed by atoms with van der Waals surface area (Å²) in [6.45, 7) is 2.11. The van der Waals surface area contributed by atoms with Crippen LogP contribution in [0.2, 0.25) is 0 Å². The van der Waals surface area contributed by atoms with Crippen LogP contribution in [0.15, 0.2) is 77.3 Å². The molecule has 2 heterocycles. The molecule has 5 rings (SSSR count). The second-order valence-corrected chi connectivity index (χ2v) is 6.17. The molecule has 5 aromatic rings. The number of furan rings is 1. The van der Waals surface area contributed by atoms with E-state index in [1.165, 1.54) is 10.9 Å². The van der Waals surface area contributed by atoms with Gasteiger partial charge in [0, 0.05) is 27.9 Å². The van der Waals surface area contributed by atoms with Crippen LogP contribution in [-0.2, 0) is 0 Å². The largest absolute Gasteiger partial charge is 0.455 e. The molecule has 0 N–H and O–H groups in total. The summed E-state index contributed by atoms with van der Waals surface area (Å²) in [6, 6.07) is 23.0. The summed E-state index contributed by atoms with van der Waals surface area (Å²) in [5.41, 5.74) is 5.07. The van der Waals surface area contributed by atoms with Gasteiger partial charge >= 0.3 is 0 Å². The zero-order valence-electron chi connectivity index (χ0n) is 13.3. The number of nitrogens with zero attached hydrogens (tertiary/aromatic N) is 1. The number of pyridine rings is 1. The van der Waals surface area contributed by atoms with Crippen molar-refractivity contribution in [1.82, 2.24) is 4.98 Å². The van der Waals surface area contributed by atoms with Crippen molar-refractivity contribution in [2.24, 2.45) is 0 Å². The van der Waals surface area contributed by atoms with Crippen molar-refractivity contribution in [2.75, 3.05) is 0 Å². The first-order valence-corrected chi connectivity index (χ1v) is 8.07. The molecule has 0 unspecified atom stereocenters. The quantitative estimate of drug-likeness (QED) is 0.373. The fourth-order valence-corrected chi connectivity index (χ4v) is 3.43. The van der Waals surface area contributed by atoms with Gasteiger partial charge in [-0.05, 0) is 36.6 Å². The molecule has 2 heteroatoms. The molecule has 0 fully saturated rings. The highest BCUT2D eigenvalue weighted by molar-refractivity contribution is 6.17. The fourth-order valence-electron chi connectivity index (χ4n) is 3.43. The summed E-state index contributed by atoms with van der Waals surface area (Å²) in [4.78, 5) is 4.48. The topological polar surface area (TPSA) is 26.0 Å². The lowest BCUT2D eigenvalue weighted by Gasteiger charge is -2.00. The second kappa shape index (κ2) is 4.93. The van der Waals surface area contributed by atoms with E-state index in [0.29, 0.717) is 0 Å². The molecule has 2 aromatic heterocycles. The zero-order chi connectivity index (χ0) is 16.1. The molecule has 24 heavy (non-hydrogen) atoms. The van der Waals surface area contributed by atoms with Gasteiger partial charge in [0.25, 0.3) is 0 Å². The molecule has 114 valence electrons. The highest BCUT2D eigenvalue weighted by Gasteiger charge is 2.14. The van der Waals surface area contributed by atoms with Gasteiger partial charge in [0.05, 0.1) is 5.69 Å². The molecule has 3 aromatic carbocycles. The average molecular weight is 309 g/mol. The van der Waals surface area contributed by atoms with Crippen molar-refractivity contribution in [1.29, 1.82) is 0 Å². The molecule has 0 saturated carbocycles. The summed E-state index contributed by atoms with van der Waals surface area (Å²) in [6.07, 6.45) is 1.81. The minimum absolute atomic E-state index is 0.902. The maximum atomic E-state index is 6.35. The van der Waals surface area contributed by atoms with Crippen LogP contribution in [0.4, 0.5) is 0 Å². The zero-order valence-corrected chi connectivity index (χ0v) is 13.3. The van der Waals surface area contributed by atoms with E-state index < -0.39 is 0 Å². The third-order valence-electron chi connectivity index (χ3n) is 4.58. The third kappa shape index (κ3) is 1.86. The summed E-state index contributed by atoms with van der Waals surface area (Å²) < 4.78 is 6.35. The Balaban J connectivity index is 1.92. The summed E-state index contributed by atoms with van der Waals surface area (Å²) in [7, 11) is 0. The molecule has 0 aliphatic rings. The number of aromatic nitrogens is 1. The summed E-state index contributed by atoms with van der Waals surface area (Å²) in [5.74, 6) is 0. The lowest BCUT2D eigenvalue weighted by atomic mass is 10.0. The monoisotopic (exact) mass is 309 g/mol. The van der Waals surface area contributed by atoms with Gasteiger partial charge in [-0.3, -0.25) is 4.98 Å². The van der Waals surface area contributed by atoms with Crippen molar-refractivity contribution in [3.8, 4) is 11.3 Å². The van der Waals surface area contributed by atoms with Gasteiger partial charge in [0.15, 0.2) is 0 Å². The van der Waals surface area contributed by atoms with E-state index in [0.717, 1.165) is 38.6 Å². The number of aryl methyl sites for hydroxylation is 1. The summed E-state index contributed by atoms with van der Waals surface area (Å²) in [5, 5.41) is 4.65. The number of hydrogen-bond donors (Lipinski definition) is 0. The Kier molecular flexibility index (Phi) is 2.74. The molecule has 0 aliphatic heterocycles. The molecule has 0 spiro atoms. The molecule has 0 amide bonds. The Morgan fingerprint density at radius 3 is 2.50 bits per heavy atom. The Morgan fingerprint density at radius 1 is 0.750 bits per heavy atom. The van der Waals surface area contributed by atoms with Crippen LogP contribution < -0.4 is 0 Å². The van der Waals surface area contributed by atoms with Crippen molar-refractivity contribution in [3.05, 3.63) is 78.5 Å². The maximum Gasteiger partial charge on any atom is 0.144 e. The van der Waals surface area contributed by atoms with E-state index in [-0.39, 0.29) is 0 Å². The normalized spacial score (nSPS) is 11.5. The Bertz CT molecular complexity index is 1200. The molecule has 2 nitrogen and oxygen atoms in total. The van der Waals surface area contributed by atoms with E-state index in [4.69, 9.17) is 4.42 Å². The van der Waals surface area contributed by atoms with Crippen LogP contribution in [0, 0.1) is 6.92 Å². The van der Waals surface area contributed by atoms with Crippen LogP contribution in [0.25, 0.3) is 44.0 Å². The van der Waals surface area contributed by atoms with Gasteiger partial charge in [0.2, 0.25) is 0 Å². The van der Waals surface area contributed by atoms with Gasteiger partial charge in [-0.25, -0.2) is 0 Å². The van der Waals surface area contributed by atoms with Crippen molar-refractivity contribution < 1.29 is 4.42 Å². The molecule has 0 atom stereocenters. The molecule has 0 radical (unpaired) electrons. The minimum Gasteiger partial charge on any atom is -0.455 e. The Labute approximate surface area is 139 Å². The van der Waals surface area contributed by atoms with Crippen molar-refractivity contribution >= 4 is 32.7 Å². The average Bonchev–Trinajstić information content (AvgIpc) is 3.01. The summed E-state index contributed by atoms with van der Waals surface area (Å²) >= 11 is 0. The SMILES string of the molecule is Cc1ccc2c(ccc3c4cccc(-c5ccccn5)c4oc23)c1. The van der Waals surface area contributed by atoms with Crippen LogP contribution in [0.3, 0.4) is 0 Å². The van der Waals surface area contributed by atoms with Gasteiger partial charge < -0.3 is 4.42 Å². The molecule has 0 aliphatic carbocycles. The lowest BCUT2D eigenvalue weighted by Crippen LogP contribution is -1.81. The number of rotatable bonds is 1. The highest BCUT2D eigenvalue weighted by Crippen LogP contribution is 2.38. The van der Waals surface area contributed by atoms with Crippen LogP contribution in [0.1, 0.15) is 5.56 Å². The van der Waals surface area contributed by atoms with Crippen LogP contribution in [-0.4, -0.2) is 4.98 Å². The standard InChI is InChI=1S/C22H15NO/c1-14-8-10-16-15(13-14)9-11-18-17-5-4-6-19(22(17)24-21(16)18)20-7-2-3-12-23-20/h2-13H,1H3. The maximum absolute atomic E-state index is 6.35. The molecular formula is C22H15NO. The predicted molar refractivity (Wildman–Crippen MR) is 99.2 cm³/mol. The van der Waals surface area contributed by atoms with Gasteiger partial charge in [-0.15, -0.1) is 0 Å². The van der Waals surface area contributed by atoms with Gasteiger partial charge in [0.1, 0.15) is 11.2 Å². The van der Waals surface area contributed by atoms with Crippen LogP contribution in [0.5, 0.6) is 0 Å². The molecular weight excluding hydrogens is 294 g/mol. The number of benzene rings is 3. The minimum atomic E-state index is 0.902. The molecule has 0 saturated heterocycles. The van der Waals surface area contributed by atoms with E-state index in [1.807, 2.05) is 24.4 Å². The number of fused-ring (bicyclic) bond motifs is 5. The highest BCUT2D eigenvalue weighted by atomic mass is 16.3. The van der Waals surface area contributed by atoms with E-state index in [2.05, 4.69) is 60.4 Å². The van der Waals surface area contributed by atoms with E-state index in [9.17, 15) is 0 Å². The predicted octanol–water partition coefficient (Wildman–Crippen LogP) is 6.11. The van der Waals surface area contributed by atoms with Gasteiger partial charge in [-0.2, -0.15) is 0 Å². The smallest absolute Gasteiger partial charge is 0.144 e. The Hall–Kier alpha value is -3.13. The lowest BCUT2D eigenvalue weighted by molar-refractivity contribution is 0.673. The van der Waals surface area contributed by atoms with E-state index >= 15 is 0 Å². The fraction of sp³-hybridized carbons (Fsp3) is 0.0455. The first-order valence-electron chi connectivity index (χ1n) is 8.07. The first-order chi connectivity index (χ1) is 11.8. The number of hydrogen-bond acceptors (Lipinski definition) is 2. The van der Waals surface area contributed by atoms with Crippen molar-refractivity contribution in [3.63, 3.8) is 0 Å². The van der Waals surface area contributed by atoms with Crippen LogP contribution >= 0.6 is 0 Å². The Morgan fingerprint density at radius 2 is 1.62 bits per heavy atom. The molecule has 0 bridgehead atoms. The second-order valence-electron chi connectivity index (χ2n) is 6.17. The van der Waals surface area contributed by atoms with E-state index in [1.54, 1.807) is 0 Å². The first kappa shape index (κ1) is 13.3. The van der Waals surface area contributed by atoms with Gasteiger partial charge in [-0.1, -0.05) is 48.0 Å². The number of para-hydroxylation sites is 1.